The number of rotatable bonds is 6. The number of nitrogens with one attached hydrogen (secondary N) is 1. The van der Waals surface area contributed by atoms with Crippen LogP contribution in [0.25, 0.3) is 0 Å². The molecule has 1 aliphatic rings. The summed E-state index contributed by atoms with van der Waals surface area (Å²) in [4.78, 5) is 1.88. The highest BCUT2D eigenvalue weighted by molar-refractivity contribution is 4.81. The molecule has 2 nitrogen and oxygen atoms in total. The lowest BCUT2D eigenvalue weighted by molar-refractivity contribution is -0.138. The Labute approximate surface area is 108 Å². The average molecular weight is 266 g/mol. The Bertz CT molecular complexity index is 223. The molecule has 1 N–H and O–H groups in total. The molecule has 0 atom stereocenters. The second-order valence-corrected chi connectivity index (χ2v) is 5.31. The van der Waals surface area contributed by atoms with Gasteiger partial charge in [-0.05, 0) is 45.7 Å². The summed E-state index contributed by atoms with van der Waals surface area (Å²) in [7, 11) is 1.82. The molecule has 0 aromatic heterocycles. The molecule has 0 radical (unpaired) electrons. The lowest BCUT2D eigenvalue weighted by Crippen LogP contribution is -2.41. The Balaban J connectivity index is 2.21. The summed E-state index contributed by atoms with van der Waals surface area (Å²) in [6.45, 7) is 3.31. The van der Waals surface area contributed by atoms with Crippen LogP contribution < -0.4 is 5.32 Å². The van der Waals surface area contributed by atoms with Crippen molar-refractivity contribution in [3.8, 4) is 0 Å². The Morgan fingerprint density at radius 1 is 1.17 bits per heavy atom. The fraction of sp³-hybridized carbons (Fsp3) is 1.00. The van der Waals surface area contributed by atoms with Crippen LogP contribution in [0.4, 0.5) is 13.2 Å². The second kappa shape index (κ2) is 7.34. The van der Waals surface area contributed by atoms with E-state index in [4.69, 9.17) is 0 Å². The molecule has 0 aliphatic heterocycles. The molecule has 1 aliphatic carbocycles. The van der Waals surface area contributed by atoms with Crippen LogP contribution in [0.1, 0.15) is 45.4 Å². The van der Waals surface area contributed by atoms with E-state index in [9.17, 15) is 13.2 Å². The molecular formula is C13H25F3N2. The maximum absolute atomic E-state index is 12.1. The van der Waals surface area contributed by atoms with Crippen molar-refractivity contribution in [1.82, 2.24) is 10.2 Å². The number of alkyl halides is 3. The van der Waals surface area contributed by atoms with Crippen LogP contribution in [0, 0.1) is 0 Å². The van der Waals surface area contributed by atoms with Gasteiger partial charge >= 0.3 is 6.18 Å². The van der Waals surface area contributed by atoms with Gasteiger partial charge in [-0.2, -0.15) is 13.2 Å². The van der Waals surface area contributed by atoms with E-state index in [0.717, 1.165) is 38.6 Å². The summed E-state index contributed by atoms with van der Waals surface area (Å²) in [5, 5.41) is 3.49. The number of halogens is 3. The highest BCUT2D eigenvalue weighted by Gasteiger charge is 2.29. The molecule has 0 aromatic rings. The van der Waals surface area contributed by atoms with E-state index in [2.05, 4.69) is 12.2 Å². The highest BCUT2D eigenvalue weighted by atomic mass is 19.4. The molecule has 0 bridgehead atoms. The minimum Gasteiger partial charge on any atom is -0.314 e. The summed E-state index contributed by atoms with van der Waals surface area (Å²) in [6, 6.07) is 0.893. The van der Waals surface area contributed by atoms with Crippen LogP contribution >= 0.6 is 0 Å². The normalized spacial score (nSPS) is 25.7. The monoisotopic (exact) mass is 266 g/mol. The van der Waals surface area contributed by atoms with Crippen molar-refractivity contribution in [3.05, 3.63) is 0 Å². The van der Waals surface area contributed by atoms with Gasteiger partial charge in [-0.25, -0.2) is 0 Å². The van der Waals surface area contributed by atoms with E-state index >= 15 is 0 Å². The number of nitrogens with zero attached hydrogens (tertiary/aromatic N) is 1. The molecule has 108 valence electrons. The van der Waals surface area contributed by atoms with E-state index in [-0.39, 0.29) is 6.54 Å². The van der Waals surface area contributed by atoms with Gasteiger partial charge in [0.15, 0.2) is 0 Å². The third-order valence-electron chi connectivity index (χ3n) is 3.75. The molecule has 1 saturated carbocycles. The molecule has 0 unspecified atom stereocenters. The van der Waals surface area contributed by atoms with E-state index in [1.165, 1.54) is 0 Å². The van der Waals surface area contributed by atoms with Gasteiger partial charge in [0.2, 0.25) is 0 Å². The first kappa shape index (κ1) is 15.8. The molecule has 0 saturated heterocycles. The Morgan fingerprint density at radius 2 is 1.78 bits per heavy atom. The Morgan fingerprint density at radius 3 is 2.28 bits per heavy atom. The summed E-state index contributed by atoms with van der Waals surface area (Å²) in [5.74, 6) is 0. The van der Waals surface area contributed by atoms with Crippen LogP contribution in [0.2, 0.25) is 0 Å². The number of hydrogen-bond acceptors (Lipinski definition) is 2. The van der Waals surface area contributed by atoms with Crippen molar-refractivity contribution < 1.29 is 13.2 Å². The van der Waals surface area contributed by atoms with Gasteiger partial charge in [-0.15, -0.1) is 0 Å². The molecule has 0 heterocycles. The summed E-state index contributed by atoms with van der Waals surface area (Å²) >= 11 is 0. The quantitative estimate of drug-likeness (QED) is 0.794. The predicted molar refractivity (Wildman–Crippen MR) is 67.6 cm³/mol. The SMILES string of the molecule is CCCNC1CCC(N(C)CCC(F)(F)F)CC1. The largest absolute Gasteiger partial charge is 0.390 e. The first-order valence-electron chi connectivity index (χ1n) is 6.92. The first-order chi connectivity index (χ1) is 8.42. The Kier molecular flexibility index (Phi) is 6.43. The van der Waals surface area contributed by atoms with Crippen LogP contribution in [0.15, 0.2) is 0 Å². The third kappa shape index (κ3) is 6.05. The minimum atomic E-state index is -4.03. The van der Waals surface area contributed by atoms with Crippen LogP contribution in [0.3, 0.4) is 0 Å². The maximum Gasteiger partial charge on any atom is 0.390 e. The fourth-order valence-corrected chi connectivity index (χ4v) is 2.55. The zero-order valence-corrected chi connectivity index (χ0v) is 11.4. The van der Waals surface area contributed by atoms with Crippen molar-refractivity contribution in [2.45, 2.75) is 63.7 Å². The van der Waals surface area contributed by atoms with Crippen LogP contribution in [-0.4, -0.2) is 43.3 Å². The van der Waals surface area contributed by atoms with Gasteiger partial charge in [-0.3, -0.25) is 0 Å². The zero-order chi connectivity index (χ0) is 13.6. The van der Waals surface area contributed by atoms with Gasteiger partial charge in [0.1, 0.15) is 0 Å². The van der Waals surface area contributed by atoms with Crippen molar-refractivity contribution in [1.29, 1.82) is 0 Å². The van der Waals surface area contributed by atoms with Crippen molar-refractivity contribution in [2.75, 3.05) is 20.1 Å². The van der Waals surface area contributed by atoms with Gasteiger partial charge in [0.25, 0.3) is 0 Å². The molecule has 0 spiro atoms. The predicted octanol–water partition coefficient (Wildman–Crippen LogP) is 3.18. The van der Waals surface area contributed by atoms with Crippen molar-refractivity contribution in [3.63, 3.8) is 0 Å². The van der Waals surface area contributed by atoms with Crippen molar-refractivity contribution >= 4 is 0 Å². The summed E-state index contributed by atoms with van der Waals surface area (Å²) in [5.41, 5.74) is 0. The fourth-order valence-electron chi connectivity index (χ4n) is 2.55. The van der Waals surface area contributed by atoms with Crippen LogP contribution in [-0.2, 0) is 0 Å². The van der Waals surface area contributed by atoms with E-state index in [1.54, 1.807) is 0 Å². The molecule has 1 rings (SSSR count). The first-order valence-corrected chi connectivity index (χ1v) is 6.92. The molecule has 1 fully saturated rings. The topological polar surface area (TPSA) is 15.3 Å². The van der Waals surface area contributed by atoms with E-state index in [1.807, 2.05) is 11.9 Å². The molecular weight excluding hydrogens is 241 g/mol. The number of hydrogen-bond donors (Lipinski definition) is 1. The van der Waals surface area contributed by atoms with E-state index < -0.39 is 12.6 Å². The standard InChI is InChI=1S/C13H25F3N2/c1-3-9-17-11-4-6-12(7-5-11)18(2)10-8-13(14,15)16/h11-12,17H,3-10H2,1-2H3. The van der Waals surface area contributed by atoms with Gasteiger partial charge < -0.3 is 10.2 Å². The lowest BCUT2D eigenvalue weighted by Gasteiger charge is -2.35. The molecule has 0 amide bonds. The van der Waals surface area contributed by atoms with Gasteiger partial charge in [0.05, 0.1) is 6.42 Å². The molecule has 18 heavy (non-hydrogen) atoms. The minimum absolute atomic E-state index is 0.126. The van der Waals surface area contributed by atoms with Crippen LogP contribution in [0.5, 0.6) is 0 Å². The highest BCUT2D eigenvalue weighted by Crippen LogP contribution is 2.25. The summed E-state index contributed by atoms with van der Waals surface area (Å²) in [6.07, 6.45) is 0.588. The van der Waals surface area contributed by atoms with E-state index in [0.29, 0.717) is 12.1 Å². The Hall–Kier alpha value is -0.290. The van der Waals surface area contributed by atoms with Gasteiger partial charge in [0, 0.05) is 18.6 Å². The van der Waals surface area contributed by atoms with Crippen molar-refractivity contribution in [2.24, 2.45) is 0 Å². The average Bonchev–Trinajstić information content (AvgIpc) is 2.33. The summed E-state index contributed by atoms with van der Waals surface area (Å²) < 4.78 is 36.4. The maximum atomic E-state index is 12.1. The third-order valence-corrected chi connectivity index (χ3v) is 3.75. The molecule has 0 aromatic carbocycles. The lowest BCUT2D eigenvalue weighted by atomic mass is 9.90. The van der Waals surface area contributed by atoms with Gasteiger partial charge in [-0.1, -0.05) is 6.92 Å². The zero-order valence-electron chi connectivity index (χ0n) is 11.4. The second-order valence-electron chi connectivity index (χ2n) is 5.31. The molecule has 5 heteroatoms. The smallest absolute Gasteiger partial charge is 0.314 e.